The molecule has 2 rings (SSSR count). The van der Waals surface area contributed by atoms with Crippen LogP contribution in [0.1, 0.15) is 6.92 Å². The number of aromatic nitrogens is 1. The summed E-state index contributed by atoms with van der Waals surface area (Å²) in [6.45, 7) is 0.0192. The molecule has 1 aromatic carbocycles. The third-order valence-corrected chi connectivity index (χ3v) is 3.20. The summed E-state index contributed by atoms with van der Waals surface area (Å²) in [6, 6.07) is 6.52. The van der Waals surface area contributed by atoms with Gasteiger partial charge in [0.2, 0.25) is 0 Å². The van der Waals surface area contributed by atoms with Crippen molar-refractivity contribution >= 4 is 16.5 Å². The van der Waals surface area contributed by atoms with Crippen molar-refractivity contribution in [3.05, 3.63) is 30.5 Å². The van der Waals surface area contributed by atoms with Crippen LogP contribution in [0.5, 0.6) is 5.75 Å². The van der Waals surface area contributed by atoms with Gasteiger partial charge in [-0.25, -0.2) is 4.98 Å². The van der Waals surface area contributed by atoms with E-state index < -0.39 is 6.61 Å². The van der Waals surface area contributed by atoms with E-state index in [2.05, 4.69) is 15.0 Å². The molecule has 6 heteroatoms. The van der Waals surface area contributed by atoms with Crippen molar-refractivity contribution in [2.24, 2.45) is 0 Å². The van der Waals surface area contributed by atoms with Crippen LogP contribution < -0.4 is 10.1 Å². The molecule has 0 unspecified atom stereocenters. The summed E-state index contributed by atoms with van der Waals surface area (Å²) >= 11 is 1.52. The van der Waals surface area contributed by atoms with Gasteiger partial charge in [0.25, 0.3) is 0 Å². The molecule has 0 radical (unpaired) electrons. The minimum atomic E-state index is -2.79. The Labute approximate surface area is 107 Å². The normalized spacial score (nSPS) is 10.7. The van der Waals surface area contributed by atoms with Gasteiger partial charge in [0.15, 0.2) is 5.13 Å². The van der Waals surface area contributed by atoms with Crippen molar-refractivity contribution in [2.75, 3.05) is 11.9 Å². The van der Waals surface area contributed by atoms with E-state index in [9.17, 15) is 8.78 Å². The summed E-state index contributed by atoms with van der Waals surface area (Å²) in [5.41, 5.74) is 0.929. The number of nitrogens with zero attached hydrogens (tertiary/aromatic N) is 1. The van der Waals surface area contributed by atoms with E-state index in [1.807, 2.05) is 6.92 Å². The third kappa shape index (κ3) is 3.16. The smallest absolute Gasteiger partial charge is 0.387 e. The van der Waals surface area contributed by atoms with Gasteiger partial charge in [-0.3, -0.25) is 0 Å². The monoisotopic (exact) mass is 270 g/mol. The second-order valence-electron chi connectivity index (χ2n) is 3.46. The van der Waals surface area contributed by atoms with Crippen LogP contribution in [0.2, 0.25) is 0 Å². The molecule has 96 valence electrons. The van der Waals surface area contributed by atoms with Gasteiger partial charge in [0, 0.05) is 12.7 Å². The molecule has 0 saturated heterocycles. The maximum atomic E-state index is 12.0. The van der Waals surface area contributed by atoms with Crippen molar-refractivity contribution in [1.29, 1.82) is 0 Å². The van der Waals surface area contributed by atoms with Crippen LogP contribution in [0, 0.1) is 0 Å². The largest absolute Gasteiger partial charge is 0.435 e. The molecule has 1 aromatic heterocycles. The molecule has 0 aliphatic carbocycles. The Bertz CT molecular complexity index is 499. The average molecular weight is 270 g/mol. The zero-order valence-corrected chi connectivity index (χ0v) is 10.5. The first-order valence-corrected chi connectivity index (χ1v) is 6.25. The predicted octanol–water partition coefficient (Wildman–Crippen LogP) is 3.84. The number of halogens is 2. The van der Waals surface area contributed by atoms with Crippen LogP contribution in [-0.4, -0.2) is 18.1 Å². The van der Waals surface area contributed by atoms with E-state index in [0.717, 1.165) is 22.1 Å². The maximum Gasteiger partial charge on any atom is 0.387 e. The standard InChI is InChI=1S/C12H12F2N2OS/c1-2-15-12-16-7-10(18-12)8-3-5-9(6-4-8)17-11(13)14/h3-7,11H,2H2,1H3,(H,15,16). The number of hydrogen-bond acceptors (Lipinski definition) is 4. The summed E-state index contributed by atoms with van der Waals surface area (Å²) in [5, 5.41) is 3.97. The highest BCUT2D eigenvalue weighted by Gasteiger charge is 2.06. The summed E-state index contributed by atoms with van der Waals surface area (Å²) in [5.74, 6) is 0.158. The number of thiazole rings is 1. The number of anilines is 1. The zero-order valence-electron chi connectivity index (χ0n) is 9.69. The quantitative estimate of drug-likeness (QED) is 0.896. The van der Waals surface area contributed by atoms with Gasteiger partial charge in [0.05, 0.1) is 4.88 Å². The predicted molar refractivity (Wildman–Crippen MR) is 68.3 cm³/mol. The second-order valence-corrected chi connectivity index (χ2v) is 4.49. The highest BCUT2D eigenvalue weighted by molar-refractivity contribution is 7.18. The summed E-state index contributed by atoms with van der Waals surface area (Å²) in [4.78, 5) is 5.19. The van der Waals surface area contributed by atoms with Crippen LogP contribution >= 0.6 is 11.3 Å². The SMILES string of the molecule is CCNc1ncc(-c2ccc(OC(F)F)cc2)s1. The minimum absolute atomic E-state index is 0.158. The lowest BCUT2D eigenvalue weighted by molar-refractivity contribution is -0.0498. The van der Waals surface area contributed by atoms with E-state index in [1.165, 1.54) is 23.5 Å². The van der Waals surface area contributed by atoms with E-state index >= 15 is 0 Å². The molecule has 0 atom stereocenters. The first-order valence-electron chi connectivity index (χ1n) is 5.44. The lowest BCUT2D eigenvalue weighted by Gasteiger charge is -2.04. The lowest BCUT2D eigenvalue weighted by Crippen LogP contribution is -2.01. The second kappa shape index (κ2) is 5.77. The van der Waals surface area contributed by atoms with Crippen molar-refractivity contribution in [3.63, 3.8) is 0 Å². The van der Waals surface area contributed by atoms with Crippen LogP contribution in [0.4, 0.5) is 13.9 Å². The molecule has 3 nitrogen and oxygen atoms in total. The van der Waals surface area contributed by atoms with Gasteiger partial charge in [-0.2, -0.15) is 8.78 Å². The first kappa shape index (κ1) is 12.8. The molecular formula is C12H12F2N2OS. The van der Waals surface area contributed by atoms with E-state index in [0.29, 0.717) is 0 Å². The molecule has 0 saturated carbocycles. The Morgan fingerprint density at radius 3 is 2.67 bits per heavy atom. The highest BCUT2D eigenvalue weighted by Crippen LogP contribution is 2.30. The number of rotatable bonds is 5. The Balaban J connectivity index is 2.12. The first-order chi connectivity index (χ1) is 8.69. The topological polar surface area (TPSA) is 34.2 Å². The number of nitrogens with one attached hydrogen (secondary N) is 1. The molecule has 18 heavy (non-hydrogen) atoms. The van der Waals surface area contributed by atoms with Gasteiger partial charge in [0.1, 0.15) is 5.75 Å². The fourth-order valence-corrected chi connectivity index (χ4v) is 2.33. The Hall–Kier alpha value is -1.69. The fraction of sp³-hybridized carbons (Fsp3) is 0.250. The van der Waals surface area contributed by atoms with Crippen molar-refractivity contribution < 1.29 is 13.5 Å². The van der Waals surface area contributed by atoms with E-state index in [-0.39, 0.29) is 5.75 Å². The fourth-order valence-electron chi connectivity index (χ4n) is 1.44. The molecule has 1 N–H and O–H groups in total. The Kier molecular flexibility index (Phi) is 4.09. The molecule has 0 aliphatic heterocycles. The van der Waals surface area contributed by atoms with Gasteiger partial charge in [-0.05, 0) is 36.8 Å². The van der Waals surface area contributed by atoms with E-state index in [1.54, 1.807) is 18.3 Å². The summed E-state index contributed by atoms with van der Waals surface area (Å²) in [6.07, 6.45) is 1.76. The number of ether oxygens (including phenoxy) is 1. The molecule has 1 heterocycles. The van der Waals surface area contributed by atoms with Crippen molar-refractivity contribution in [3.8, 4) is 16.2 Å². The average Bonchev–Trinajstić information content (AvgIpc) is 2.78. The van der Waals surface area contributed by atoms with Crippen molar-refractivity contribution in [2.45, 2.75) is 13.5 Å². The summed E-state index contributed by atoms with van der Waals surface area (Å²) < 4.78 is 28.3. The summed E-state index contributed by atoms with van der Waals surface area (Å²) in [7, 11) is 0. The van der Waals surface area contributed by atoms with Gasteiger partial charge < -0.3 is 10.1 Å². The zero-order chi connectivity index (χ0) is 13.0. The molecule has 2 aromatic rings. The molecule has 0 bridgehead atoms. The van der Waals surface area contributed by atoms with Gasteiger partial charge in [-0.1, -0.05) is 11.3 Å². The Morgan fingerprint density at radius 1 is 1.33 bits per heavy atom. The Morgan fingerprint density at radius 2 is 2.06 bits per heavy atom. The third-order valence-electron chi connectivity index (χ3n) is 2.20. The van der Waals surface area contributed by atoms with E-state index in [4.69, 9.17) is 0 Å². The highest BCUT2D eigenvalue weighted by atomic mass is 32.1. The number of benzene rings is 1. The molecule has 0 spiro atoms. The van der Waals surface area contributed by atoms with Gasteiger partial charge in [-0.15, -0.1) is 0 Å². The van der Waals surface area contributed by atoms with Crippen LogP contribution in [0.25, 0.3) is 10.4 Å². The van der Waals surface area contributed by atoms with Crippen LogP contribution in [-0.2, 0) is 0 Å². The number of alkyl halides is 2. The van der Waals surface area contributed by atoms with Crippen molar-refractivity contribution in [1.82, 2.24) is 4.98 Å². The lowest BCUT2D eigenvalue weighted by atomic mass is 10.2. The molecule has 0 aliphatic rings. The van der Waals surface area contributed by atoms with Crippen LogP contribution in [0.3, 0.4) is 0 Å². The minimum Gasteiger partial charge on any atom is -0.435 e. The van der Waals surface area contributed by atoms with Crippen LogP contribution in [0.15, 0.2) is 30.5 Å². The van der Waals surface area contributed by atoms with Gasteiger partial charge >= 0.3 is 6.61 Å². The number of hydrogen-bond donors (Lipinski definition) is 1. The molecule has 0 amide bonds. The molecule has 0 fully saturated rings. The molecular weight excluding hydrogens is 258 g/mol. The maximum absolute atomic E-state index is 12.0.